The second-order valence-electron chi connectivity index (χ2n) is 20.0. The van der Waals surface area contributed by atoms with Crippen LogP contribution in [0.4, 0.5) is 17.1 Å². The fraction of sp³-hybridized carbons (Fsp3) is 0.104. The van der Waals surface area contributed by atoms with Gasteiger partial charge in [-0.05, 0) is 109 Å². The van der Waals surface area contributed by atoms with Crippen molar-refractivity contribution in [3.8, 4) is 56.0 Å². The molecule has 1 aliphatic heterocycles. The monoisotopic (exact) mass is 885 g/mol. The molecular weight excluding hydrogens is 835 g/mol. The van der Waals surface area contributed by atoms with E-state index in [-0.39, 0.29) is 10.8 Å². The summed E-state index contributed by atoms with van der Waals surface area (Å²) in [4.78, 5) is 2.50. The highest BCUT2D eigenvalue weighted by atomic mass is 16.5. The van der Waals surface area contributed by atoms with E-state index in [4.69, 9.17) is 4.74 Å². The predicted octanol–water partition coefficient (Wildman–Crippen LogP) is 17.6. The van der Waals surface area contributed by atoms with Gasteiger partial charge in [0.05, 0.1) is 11.1 Å². The molecule has 0 unspecified atom stereocenters. The molecule has 0 bridgehead atoms. The third-order valence-corrected chi connectivity index (χ3v) is 15.6. The first-order valence-electron chi connectivity index (χ1n) is 24.3. The normalized spacial score (nSPS) is 14.8. The highest BCUT2D eigenvalue weighted by Gasteiger charge is 2.46. The number of fused-ring (bicyclic) bond motifs is 8. The van der Waals surface area contributed by atoms with Crippen LogP contribution in [0.5, 0.6) is 11.5 Å². The molecule has 2 aliphatic carbocycles. The molecule has 0 N–H and O–H groups in total. The lowest BCUT2D eigenvalue weighted by atomic mass is 9.63. The molecule has 0 aromatic heterocycles. The lowest BCUT2D eigenvalue weighted by Crippen LogP contribution is -2.34. The van der Waals surface area contributed by atoms with Gasteiger partial charge in [0.25, 0.3) is 0 Å². The molecule has 10 aromatic rings. The maximum Gasteiger partial charge on any atom is 0.140 e. The van der Waals surface area contributed by atoms with Crippen molar-refractivity contribution in [1.29, 1.82) is 0 Å². The standard InChI is InChI=1S/C67H51NO/c1-65(2)55-28-15-14-26-54(55)63-57(65)30-19-32-61(63)68(50-39-41-53-52-40-36-46(44-20-8-5-9-21-44)42-59(52)66(3,4)60(53)43-50)49-37-34-45(35-38-49)51-27-18-31-58-64(51)69-62-33-17-16-29-56(62)67(58,47-22-10-6-11-23-47)48-24-12-7-13-25-48/h5-43H,1-4H3. The van der Waals surface area contributed by atoms with Crippen molar-refractivity contribution in [3.05, 3.63) is 281 Å². The number of anilines is 3. The number of nitrogens with zero attached hydrogens (tertiary/aromatic N) is 1. The van der Waals surface area contributed by atoms with E-state index < -0.39 is 5.41 Å². The molecule has 2 nitrogen and oxygen atoms in total. The summed E-state index contributed by atoms with van der Waals surface area (Å²) in [6, 6.07) is 87.1. The van der Waals surface area contributed by atoms with Gasteiger partial charge in [0.1, 0.15) is 11.5 Å². The summed E-state index contributed by atoms with van der Waals surface area (Å²) in [7, 11) is 0. The van der Waals surface area contributed by atoms with Crippen LogP contribution < -0.4 is 9.64 Å². The lowest BCUT2D eigenvalue weighted by molar-refractivity contribution is 0.436. The zero-order valence-corrected chi connectivity index (χ0v) is 39.4. The molecule has 0 amide bonds. The Balaban J connectivity index is 0.978. The Kier molecular flexibility index (Phi) is 9.17. The molecule has 330 valence electrons. The molecule has 3 aliphatic rings. The van der Waals surface area contributed by atoms with Crippen molar-refractivity contribution in [1.82, 2.24) is 0 Å². The number of ether oxygens (including phenoxy) is 1. The Hall–Kier alpha value is -8.20. The molecular formula is C67H51NO. The summed E-state index contributed by atoms with van der Waals surface area (Å²) in [5.41, 5.74) is 22.4. The minimum Gasteiger partial charge on any atom is -0.456 e. The lowest BCUT2D eigenvalue weighted by Gasteiger charge is -2.42. The van der Waals surface area contributed by atoms with E-state index in [2.05, 4.69) is 269 Å². The van der Waals surface area contributed by atoms with Crippen molar-refractivity contribution in [2.75, 3.05) is 4.90 Å². The van der Waals surface area contributed by atoms with Gasteiger partial charge >= 0.3 is 0 Å². The fourth-order valence-corrected chi connectivity index (χ4v) is 12.3. The average Bonchev–Trinajstić information content (AvgIpc) is 3.78. The summed E-state index contributed by atoms with van der Waals surface area (Å²) in [6.45, 7) is 9.51. The van der Waals surface area contributed by atoms with E-state index >= 15 is 0 Å². The molecule has 0 saturated heterocycles. The Morgan fingerprint density at radius 3 is 1.58 bits per heavy atom. The van der Waals surface area contributed by atoms with Gasteiger partial charge in [-0.1, -0.05) is 222 Å². The van der Waals surface area contributed by atoms with Gasteiger partial charge in [-0.2, -0.15) is 0 Å². The smallest absolute Gasteiger partial charge is 0.140 e. The van der Waals surface area contributed by atoms with Gasteiger partial charge in [-0.15, -0.1) is 0 Å². The van der Waals surface area contributed by atoms with Gasteiger partial charge in [-0.25, -0.2) is 0 Å². The first kappa shape index (κ1) is 41.0. The molecule has 0 fully saturated rings. The Labute approximate surface area is 405 Å². The molecule has 69 heavy (non-hydrogen) atoms. The van der Waals surface area contributed by atoms with Crippen LogP contribution in [0, 0.1) is 0 Å². The summed E-state index contributed by atoms with van der Waals surface area (Å²) >= 11 is 0. The third-order valence-electron chi connectivity index (χ3n) is 15.6. The van der Waals surface area contributed by atoms with Crippen molar-refractivity contribution in [3.63, 3.8) is 0 Å². The Morgan fingerprint density at radius 2 is 0.855 bits per heavy atom. The van der Waals surface area contributed by atoms with Gasteiger partial charge in [0.15, 0.2) is 0 Å². The SMILES string of the molecule is CC1(C)c2cc(-c3ccccc3)ccc2-c2ccc(N(c3ccc(-c4cccc5c4Oc4ccccc4C5(c4ccccc4)c4ccccc4)cc3)c3cccc4c3-c3ccccc3C4(C)C)cc21. The highest BCUT2D eigenvalue weighted by molar-refractivity contribution is 5.96. The molecule has 2 heteroatoms. The number of rotatable bonds is 7. The molecule has 1 heterocycles. The van der Waals surface area contributed by atoms with E-state index in [1.807, 2.05) is 0 Å². The van der Waals surface area contributed by atoms with E-state index in [0.29, 0.717) is 0 Å². The van der Waals surface area contributed by atoms with Crippen LogP contribution in [-0.2, 0) is 16.2 Å². The Bertz CT molecular complexity index is 3580. The number of benzene rings is 10. The second-order valence-corrected chi connectivity index (χ2v) is 20.0. The van der Waals surface area contributed by atoms with Crippen molar-refractivity contribution >= 4 is 17.1 Å². The highest BCUT2D eigenvalue weighted by Crippen LogP contribution is 2.59. The zero-order valence-electron chi connectivity index (χ0n) is 39.4. The minimum absolute atomic E-state index is 0.144. The summed E-state index contributed by atoms with van der Waals surface area (Å²) < 4.78 is 7.09. The number of hydrogen-bond acceptors (Lipinski definition) is 2. The van der Waals surface area contributed by atoms with Crippen LogP contribution in [0.3, 0.4) is 0 Å². The van der Waals surface area contributed by atoms with E-state index in [1.54, 1.807) is 0 Å². The molecule has 13 rings (SSSR count). The first-order valence-corrected chi connectivity index (χ1v) is 24.3. The van der Waals surface area contributed by atoms with Gasteiger partial charge < -0.3 is 9.64 Å². The topological polar surface area (TPSA) is 12.5 Å². The minimum atomic E-state index is -0.596. The Morgan fingerprint density at radius 1 is 0.333 bits per heavy atom. The van der Waals surface area contributed by atoms with Crippen LogP contribution >= 0.6 is 0 Å². The third kappa shape index (κ3) is 6.04. The average molecular weight is 886 g/mol. The molecule has 0 spiro atoms. The van der Waals surface area contributed by atoms with E-state index in [1.165, 1.54) is 72.4 Å². The summed E-state index contributed by atoms with van der Waals surface area (Å²) in [6.07, 6.45) is 0. The molecule has 10 aromatic carbocycles. The molecule has 0 radical (unpaired) electrons. The van der Waals surface area contributed by atoms with E-state index in [0.717, 1.165) is 45.1 Å². The van der Waals surface area contributed by atoms with Gasteiger partial charge in [0.2, 0.25) is 0 Å². The zero-order chi connectivity index (χ0) is 46.5. The van der Waals surface area contributed by atoms with Gasteiger partial charge in [0, 0.05) is 44.5 Å². The fourth-order valence-electron chi connectivity index (χ4n) is 12.3. The molecule has 0 atom stereocenters. The van der Waals surface area contributed by atoms with Crippen LogP contribution in [-0.4, -0.2) is 0 Å². The van der Waals surface area contributed by atoms with Gasteiger partial charge in [-0.3, -0.25) is 0 Å². The number of hydrogen-bond donors (Lipinski definition) is 0. The maximum absolute atomic E-state index is 7.09. The quantitative estimate of drug-likeness (QED) is 0.158. The van der Waals surface area contributed by atoms with E-state index in [9.17, 15) is 0 Å². The maximum atomic E-state index is 7.09. The summed E-state index contributed by atoms with van der Waals surface area (Å²) in [5, 5.41) is 0. The van der Waals surface area contributed by atoms with Crippen LogP contribution in [0.15, 0.2) is 237 Å². The van der Waals surface area contributed by atoms with Crippen LogP contribution in [0.2, 0.25) is 0 Å². The molecule has 0 saturated carbocycles. The largest absolute Gasteiger partial charge is 0.456 e. The van der Waals surface area contributed by atoms with Crippen LogP contribution in [0.25, 0.3) is 44.5 Å². The van der Waals surface area contributed by atoms with Crippen LogP contribution in [0.1, 0.15) is 72.2 Å². The van der Waals surface area contributed by atoms with Crippen molar-refractivity contribution < 1.29 is 4.74 Å². The number of para-hydroxylation sites is 2. The van der Waals surface area contributed by atoms with Crippen molar-refractivity contribution in [2.45, 2.75) is 43.9 Å². The summed E-state index contributed by atoms with van der Waals surface area (Å²) in [5.74, 6) is 1.75. The van der Waals surface area contributed by atoms with Crippen molar-refractivity contribution in [2.24, 2.45) is 0 Å². The second kappa shape index (κ2) is 15.4. The first-order chi connectivity index (χ1) is 33.7. The predicted molar refractivity (Wildman–Crippen MR) is 286 cm³/mol.